The fourth-order valence-corrected chi connectivity index (χ4v) is 1.31. The van der Waals surface area contributed by atoms with E-state index < -0.39 is 0 Å². The molecule has 0 spiro atoms. The summed E-state index contributed by atoms with van der Waals surface area (Å²) in [4.78, 5) is 4.65. The van der Waals surface area contributed by atoms with Crippen LogP contribution in [0.1, 0.15) is 33.3 Å². The average molecular weight is 237 g/mol. The van der Waals surface area contributed by atoms with Crippen LogP contribution in [-0.2, 0) is 0 Å². The van der Waals surface area contributed by atoms with Crippen molar-refractivity contribution in [2.24, 2.45) is 11.1 Å². The zero-order chi connectivity index (χ0) is 12.3. The molecule has 0 fully saturated rings. The van der Waals surface area contributed by atoms with E-state index in [2.05, 4.69) is 38.0 Å². The predicted molar refractivity (Wildman–Crippen MR) is 72.7 cm³/mol. The molecule has 1 rings (SSSR count). The number of aromatic nitrogens is 1. The molecule has 0 aliphatic heterocycles. The Labute approximate surface area is 102 Å². The predicted octanol–water partition coefficient (Wildman–Crippen LogP) is 2.56. The van der Waals surface area contributed by atoms with Gasteiger partial charge in [-0.05, 0) is 24.5 Å². The number of nitrogens with zero attached hydrogens (tertiary/aromatic N) is 1. The largest absolute Gasteiger partial charge is 0.389 e. The summed E-state index contributed by atoms with van der Waals surface area (Å²) < 4.78 is 0. The van der Waals surface area contributed by atoms with E-state index in [1.807, 2.05) is 12.1 Å². The van der Waals surface area contributed by atoms with Crippen LogP contribution < -0.4 is 11.1 Å². The summed E-state index contributed by atoms with van der Waals surface area (Å²) in [6, 6.07) is 4.00. The average Bonchev–Trinajstić information content (AvgIpc) is 2.16. The molecule has 3 N–H and O–H groups in total. The minimum atomic E-state index is 0.158. The minimum absolute atomic E-state index is 0.158. The second-order valence-corrected chi connectivity index (χ2v) is 5.44. The van der Waals surface area contributed by atoms with Crippen LogP contribution in [-0.4, -0.2) is 16.0 Å². The molecule has 0 saturated carbocycles. The van der Waals surface area contributed by atoms with Crippen molar-refractivity contribution >= 4 is 23.0 Å². The normalized spacial score (nSPS) is 13.2. The Morgan fingerprint density at radius 2 is 2.12 bits per heavy atom. The SMILES string of the molecule is CC(Nc1ncccc1C(N)=S)C(C)(C)C. The van der Waals surface area contributed by atoms with Gasteiger partial charge in [-0.25, -0.2) is 4.98 Å². The van der Waals surface area contributed by atoms with Gasteiger partial charge in [0.1, 0.15) is 10.8 Å². The number of hydrogen-bond acceptors (Lipinski definition) is 3. The second kappa shape index (κ2) is 4.78. The van der Waals surface area contributed by atoms with E-state index in [4.69, 9.17) is 18.0 Å². The quantitative estimate of drug-likeness (QED) is 0.793. The molecular formula is C12H19N3S. The Kier molecular flexibility index (Phi) is 3.86. The van der Waals surface area contributed by atoms with Gasteiger partial charge >= 0.3 is 0 Å². The Bertz CT molecular complexity index is 382. The Balaban J connectivity index is 2.93. The fraction of sp³-hybridized carbons (Fsp3) is 0.500. The van der Waals surface area contributed by atoms with Crippen LogP contribution in [0.15, 0.2) is 18.3 Å². The van der Waals surface area contributed by atoms with Gasteiger partial charge in [-0.1, -0.05) is 33.0 Å². The number of anilines is 1. The highest BCUT2D eigenvalue weighted by molar-refractivity contribution is 7.80. The fourth-order valence-electron chi connectivity index (χ4n) is 1.14. The molecule has 16 heavy (non-hydrogen) atoms. The third-order valence-corrected chi connectivity index (χ3v) is 2.95. The Morgan fingerprint density at radius 3 is 2.62 bits per heavy atom. The summed E-state index contributed by atoms with van der Waals surface area (Å²) >= 11 is 4.99. The van der Waals surface area contributed by atoms with Gasteiger partial charge in [0.15, 0.2) is 0 Å². The molecule has 0 radical (unpaired) electrons. The standard InChI is InChI=1S/C12H19N3S/c1-8(12(2,3)4)15-11-9(10(13)16)6-5-7-14-11/h5-8H,1-4H3,(H2,13,16)(H,14,15). The van der Waals surface area contributed by atoms with E-state index in [0.717, 1.165) is 11.4 Å². The van der Waals surface area contributed by atoms with E-state index in [1.54, 1.807) is 6.20 Å². The van der Waals surface area contributed by atoms with Gasteiger partial charge in [0.25, 0.3) is 0 Å². The van der Waals surface area contributed by atoms with Crippen LogP contribution in [0, 0.1) is 5.41 Å². The molecule has 1 aromatic heterocycles. The van der Waals surface area contributed by atoms with Crippen LogP contribution in [0.5, 0.6) is 0 Å². The molecule has 1 aromatic rings. The first kappa shape index (κ1) is 12.9. The highest BCUT2D eigenvalue weighted by Gasteiger charge is 2.21. The van der Waals surface area contributed by atoms with Crippen molar-refractivity contribution in [2.75, 3.05) is 5.32 Å². The van der Waals surface area contributed by atoms with E-state index in [9.17, 15) is 0 Å². The number of pyridine rings is 1. The molecule has 1 atom stereocenters. The van der Waals surface area contributed by atoms with Gasteiger partial charge in [0, 0.05) is 12.2 Å². The minimum Gasteiger partial charge on any atom is -0.389 e. The van der Waals surface area contributed by atoms with Crippen molar-refractivity contribution in [3.63, 3.8) is 0 Å². The first-order valence-electron chi connectivity index (χ1n) is 5.33. The number of hydrogen-bond donors (Lipinski definition) is 2. The molecule has 4 heteroatoms. The molecule has 1 unspecified atom stereocenters. The van der Waals surface area contributed by atoms with Crippen LogP contribution in [0.4, 0.5) is 5.82 Å². The number of thiocarbonyl (C=S) groups is 1. The lowest BCUT2D eigenvalue weighted by molar-refractivity contribution is 0.358. The summed E-state index contributed by atoms with van der Waals surface area (Å²) in [5, 5.41) is 3.35. The zero-order valence-electron chi connectivity index (χ0n) is 10.2. The van der Waals surface area contributed by atoms with E-state index in [0.29, 0.717) is 4.99 Å². The van der Waals surface area contributed by atoms with E-state index in [1.165, 1.54) is 0 Å². The van der Waals surface area contributed by atoms with Crippen LogP contribution in [0.25, 0.3) is 0 Å². The molecule has 0 bridgehead atoms. The Hall–Kier alpha value is -1.16. The maximum atomic E-state index is 5.65. The molecule has 1 heterocycles. The van der Waals surface area contributed by atoms with Gasteiger partial charge < -0.3 is 11.1 Å². The molecule has 0 aromatic carbocycles. The van der Waals surface area contributed by atoms with Crippen molar-refractivity contribution in [3.8, 4) is 0 Å². The third-order valence-electron chi connectivity index (χ3n) is 2.73. The monoisotopic (exact) mass is 237 g/mol. The van der Waals surface area contributed by atoms with Gasteiger partial charge in [-0.3, -0.25) is 0 Å². The van der Waals surface area contributed by atoms with Crippen molar-refractivity contribution < 1.29 is 0 Å². The number of nitrogens with one attached hydrogen (secondary N) is 1. The molecule has 0 amide bonds. The summed E-state index contributed by atoms with van der Waals surface area (Å²) in [6.07, 6.45) is 1.74. The van der Waals surface area contributed by atoms with Crippen LogP contribution >= 0.6 is 12.2 Å². The first-order chi connectivity index (χ1) is 7.32. The lowest BCUT2D eigenvalue weighted by atomic mass is 9.88. The summed E-state index contributed by atoms with van der Waals surface area (Å²) in [6.45, 7) is 8.65. The maximum absolute atomic E-state index is 5.65. The molecular weight excluding hydrogens is 218 g/mol. The van der Waals surface area contributed by atoms with Gasteiger partial charge in [0.05, 0.1) is 5.56 Å². The zero-order valence-corrected chi connectivity index (χ0v) is 11.1. The van der Waals surface area contributed by atoms with Crippen molar-refractivity contribution in [1.29, 1.82) is 0 Å². The lowest BCUT2D eigenvalue weighted by Crippen LogP contribution is -2.32. The number of nitrogens with two attached hydrogens (primary N) is 1. The second-order valence-electron chi connectivity index (χ2n) is 5.00. The summed E-state index contributed by atoms with van der Waals surface area (Å²) in [5.74, 6) is 0.762. The maximum Gasteiger partial charge on any atom is 0.136 e. The highest BCUT2D eigenvalue weighted by Crippen LogP contribution is 2.23. The Morgan fingerprint density at radius 1 is 1.50 bits per heavy atom. The van der Waals surface area contributed by atoms with Crippen LogP contribution in [0.2, 0.25) is 0 Å². The molecule has 3 nitrogen and oxygen atoms in total. The highest BCUT2D eigenvalue weighted by atomic mass is 32.1. The molecule has 88 valence electrons. The first-order valence-corrected chi connectivity index (χ1v) is 5.74. The third kappa shape index (κ3) is 3.17. The van der Waals surface area contributed by atoms with Gasteiger partial charge in [-0.15, -0.1) is 0 Å². The lowest BCUT2D eigenvalue weighted by Gasteiger charge is -2.29. The van der Waals surface area contributed by atoms with Crippen molar-refractivity contribution in [1.82, 2.24) is 4.98 Å². The van der Waals surface area contributed by atoms with E-state index in [-0.39, 0.29) is 11.5 Å². The summed E-state index contributed by atoms with van der Waals surface area (Å²) in [5.41, 5.74) is 6.61. The molecule has 0 aliphatic rings. The molecule has 0 aliphatic carbocycles. The molecule has 0 saturated heterocycles. The topological polar surface area (TPSA) is 50.9 Å². The number of rotatable bonds is 3. The van der Waals surface area contributed by atoms with Crippen molar-refractivity contribution in [2.45, 2.75) is 33.7 Å². The van der Waals surface area contributed by atoms with Crippen LogP contribution in [0.3, 0.4) is 0 Å². The van der Waals surface area contributed by atoms with Gasteiger partial charge in [-0.2, -0.15) is 0 Å². The summed E-state index contributed by atoms with van der Waals surface area (Å²) in [7, 11) is 0. The van der Waals surface area contributed by atoms with E-state index >= 15 is 0 Å². The van der Waals surface area contributed by atoms with Gasteiger partial charge in [0.2, 0.25) is 0 Å². The van der Waals surface area contributed by atoms with Crippen molar-refractivity contribution in [3.05, 3.63) is 23.9 Å². The smallest absolute Gasteiger partial charge is 0.136 e.